The SMILES string of the molecule is CCC1CC1(COCc1ccccc1)NC(=O)OC(C)(C)C. The summed E-state index contributed by atoms with van der Waals surface area (Å²) in [5.41, 5.74) is 0.405. The molecule has 1 aliphatic carbocycles. The predicted octanol–water partition coefficient (Wildman–Crippen LogP) is 3.90. The summed E-state index contributed by atoms with van der Waals surface area (Å²) in [5.74, 6) is 0.468. The number of amides is 1. The van der Waals surface area contributed by atoms with Crippen LogP contribution in [0.15, 0.2) is 30.3 Å². The van der Waals surface area contributed by atoms with Crippen LogP contribution in [0.25, 0.3) is 0 Å². The summed E-state index contributed by atoms with van der Waals surface area (Å²) in [7, 11) is 0. The van der Waals surface area contributed by atoms with Crippen molar-refractivity contribution >= 4 is 6.09 Å². The van der Waals surface area contributed by atoms with Crippen LogP contribution in [0.4, 0.5) is 4.79 Å². The summed E-state index contributed by atoms with van der Waals surface area (Å²) in [6.07, 6.45) is 1.63. The Labute approximate surface area is 133 Å². The van der Waals surface area contributed by atoms with Gasteiger partial charge in [0.15, 0.2) is 0 Å². The fourth-order valence-corrected chi connectivity index (χ4v) is 2.71. The lowest BCUT2D eigenvalue weighted by Crippen LogP contribution is -2.44. The van der Waals surface area contributed by atoms with Crippen molar-refractivity contribution in [3.05, 3.63) is 35.9 Å². The lowest BCUT2D eigenvalue weighted by atomic mass is 10.2. The van der Waals surface area contributed by atoms with E-state index in [4.69, 9.17) is 9.47 Å². The van der Waals surface area contributed by atoms with Crippen molar-refractivity contribution in [3.63, 3.8) is 0 Å². The third kappa shape index (κ3) is 4.73. The van der Waals surface area contributed by atoms with Gasteiger partial charge in [0.1, 0.15) is 5.60 Å². The van der Waals surface area contributed by atoms with Gasteiger partial charge in [-0.25, -0.2) is 4.79 Å². The Kier molecular flexibility index (Phi) is 5.12. The van der Waals surface area contributed by atoms with Crippen molar-refractivity contribution in [1.29, 1.82) is 0 Å². The number of carbonyl (C=O) groups excluding carboxylic acids is 1. The topological polar surface area (TPSA) is 47.6 Å². The number of rotatable bonds is 6. The molecule has 4 heteroatoms. The van der Waals surface area contributed by atoms with Crippen molar-refractivity contribution < 1.29 is 14.3 Å². The van der Waals surface area contributed by atoms with Crippen LogP contribution in [0.1, 0.15) is 46.1 Å². The molecule has 0 aromatic heterocycles. The van der Waals surface area contributed by atoms with Gasteiger partial charge in [0.05, 0.1) is 18.8 Å². The highest BCUT2D eigenvalue weighted by atomic mass is 16.6. The fourth-order valence-electron chi connectivity index (χ4n) is 2.71. The second-order valence-electron chi connectivity index (χ2n) is 7.07. The van der Waals surface area contributed by atoms with Crippen LogP contribution in [-0.4, -0.2) is 23.8 Å². The second-order valence-corrected chi connectivity index (χ2v) is 7.07. The zero-order valence-electron chi connectivity index (χ0n) is 14.0. The molecule has 0 heterocycles. The molecule has 22 heavy (non-hydrogen) atoms. The Morgan fingerprint density at radius 2 is 2.00 bits per heavy atom. The zero-order chi connectivity index (χ0) is 16.2. The standard InChI is InChI=1S/C18H27NO3/c1-5-15-11-18(15,19-16(20)22-17(2,3)4)13-21-12-14-9-7-6-8-10-14/h6-10,15H,5,11-13H2,1-4H3,(H,19,20). The minimum absolute atomic E-state index is 0.258. The zero-order valence-corrected chi connectivity index (χ0v) is 14.0. The maximum Gasteiger partial charge on any atom is 0.408 e. The molecule has 1 aromatic rings. The van der Waals surface area contributed by atoms with Gasteiger partial charge < -0.3 is 14.8 Å². The lowest BCUT2D eigenvalue weighted by molar-refractivity contribution is 0.0386. The summed E-state index contributed by atoms with van der Waals surface area (Å²) in [5, 5.41) is 3.03. The largest absolute Gasteiger partial charge is 0.444 e. The molecule has 0 bridgehead atoms. The van der Waals surface area contributed by atoms with Crippen LogP contribution in [0, 0.1) is 5.92 Å². The molecule has 1 aromatic carbocycles. The van der Waals surface area contributed by atoms with Crippen molar-refractivity contribution in [1.82, 2.24) is 5.32 Å². The van der Waals surface area contributed by atoms with E-state index in [1.807, 2.05) is 51.1 Å². The predicted molar refractivity (Wildman–Crippen MR) is 86.6 cm³/mol. The first kappa shape index (κ1) is 16.8. The number of benzene rings is 1. The van der Waals surface area contributed by atoms with Crippen LogP contribution < -0.4 is 5.32 Å². The number of hydrogen-bond acceptors (Lipinski definition) is 3. The third-order valence-corrected chi connectivity index (χ3v) is 3.95. The van der Waals surface area contributed by atoms with Crippen molar-refractivity contribution in [2.45, 2.75) is 58.3 Å². The van der Waals surface area contributed by atoms with E-state index >= 15 is 0 Å². The molecule has 0 saturated heterocycles. The molecular formula is C18H27NO3. The number of ether oxygens (including phenoxy) is 2. The Morgan fingerprint density at radius 3 is 2.55 bits per heavy atom. The van der Waals surface area contributed by atoms with Gasteiger partial charge in [0.25, 0.3) is 0 Å². The molecule has 1 saturated carbocycles. The number of nitrogens with one attached hydrogen (secondary N) is 1. The Hall–Kier alpha value is -1.55. The Balaban J connectivity index is 1.85. The summed E-state index contributed by atoms with van der Waals surface area (Å²) >= 11 is 0. The average molecular weight is 305 g/mol. The minimum Gasteiger partial charge on any atom is -0.444 e. The van der Waals surface area contributed by atoms with Gasteiger partial charge in [-0.05, 0) is 38.7 Å². The molecule has 1 fully saturated rings. The quantitative estimate of drug-likeness (QED) is 0.867. The Morgan fingerprint density at radius 1 is 1.32 bits per heavy atom. The summed E-state index contributed by atoms with van der Waals surface area (Å²) < 4.78 is 11.2. The first-order valence-electron chi connectivity index (χ1n) is 7.97. The minimum atomic E-state index is -0.479. The van der Waals surface area contributed by atoms with Crippen molar-refractivity contribution in [2.75, 3.05) is 6.61 Å². The van der Waals surface area contributed by atoms with Gasteiger partial charge in [0, 0.05) is 0 Å². The van der Waals surface area contributed by atoms with E-state index in [-0.39, 0.29) is 11.6 Å². The van der Waals surface area contributed by atoms with Gasteiger partial charge in [0.2, 0.25) is 0 Å². The molecule has 0 radical (unpaired) electrons. The third-order valence-electron chi connectivity index (χ3n) is 3.95. The molecule has 2 rings (SSSR count). The highest BCUT2D eigenvalue weighted by Gasteiger charge is 2.54. The monoisotopic (exact) mass is 305 g/mol. The maximum absolute atomic E-state index is 12.0. The van der Waals surface area contributed by atoms with E-state index < -0.39 is 5.60 Å². The molecule has 122 valence electrons. The van der Waals surface area contributed by atoms with Crippen molar-refractivity contribution in [2.24, 2.45) is 5.92 Å². The molecule has 0 aliphatic heterocycles. The van der Waals surface area contributed by atoms with Gasteiger partial charge >= 0.3 is 6.09 Å². The molecule has 2 unspecified atom stereocenters. The van der Waals surface area contributed by atoms with Crippen molar-refractivity contribution in [3.8, 4) is 0 Å². The van der Waals surface area contributed by atoms with Gasteiger partial charge in [-0.15, -0.1) is 0 Å². The fraction of sp³-hybridized carbons (Fsp3) is 0.611. The van der Waals surface area contributed by atoms with Gasteiger partial charge in [-0.2, -0.15) is 0 Å². The van der Waals surface area contributed by atoms with Crippen LogP contribution >= 0.6 is 0 Å². The summed E-state index contributed by atoms with van der Waals surface area (Å²) in [6, 6.07) is 10.1. The van der Waals surface area contributed by atoms with E-state index in [9.17, 15) is 4.79 Å². The van der Waals surface area contributed by atoms with Gasteiger partial charge in [-0.3, -0.25) is 0 Å². The van der Waals surface area contributed by atoms with Gasteiger partial charge in [-0.1, -0.05) is 43.7 Å². The summed E-state index contributed by atoms with van der Waals surface area (Å²) in [4.78, 5) is 12.0. The number of hydrogen-bond donors (Lipinski definition) is 1. The molecule has 1 aliphatic rings. The smallest absolute Gasteiger partial charge is 0.408 e. The molecular weight excluding hydrogens is 278 g/mol. The average Bonchev–Trinajstić information content (AvgIpc) is 3.10. The van der Waals surface area contributed by atoms with E-state index in [1.54, 1.807) is 0 Å². The van der Waals surface area contributed by atoms with E-state index in [1.165, 1.54) is 0 Å². The van der Waals surface area contributed by atoms with E-state index in [2.05, 4.69) is 12.2 Å². The van der Waals surface area contributed by atoms with E-state index in [0.29, 0.717) is 19.1 Å². The lowest BCUT2D eigenvalue weighted by Gasteiger charge is -2.24. The maximum atomic E-state index is 12.0. The number of alkyl carbamates (subject to hydrolysis) is 1. The molecule has 1 amide bonds. The second kappa shape index (κ2) is 6.69. The molecule has 0 spiro atoms. The first-order chi connectivity index (χ1) is 10.3. The normalized spacial score (nSPS) is 23.9. The molecule has 4 nitrogen and oxygen atoms in total. The molecule has 1 N–H and O–H groups in total. The first-order valence-corrected chi connectivity index (χ1v) is 7.97. The van der Waals surface area contributed by atoms with E-state index in [0.717, 1.165) is 18.4 Å². The highest BCUT2D eigenvalue weighted by Crippen LogP contribution is 2.46. The van der Waals surface area contributed by atoms with Crippen LogP contribution in [0.2, 0.25) is 0 Å². The Bertz CT molecular complexity index is 495. The highest BCUT2D eigenvalue weighted by molar-refractivity contribution is 5.69. The van der Waals surface area contributed by atoms with Crippen LogP contribution in [0.3, 0.4) is 0 Å². The summed E-state index contributed by atoms with van der Waals surface area (Å²) in [6.45, 7) is 8.84. The molecule has 2 atom stereocenters. The van der Waals surface area contributed by atoms with Crippen LogP contribution in [0.5, 0.6) is 0 Å². The van der Waals surface area contributed by atoms with Crippen LogP contribution in [-0.2, 0) is 16.1 Å². The number of carbonyl (C=O) groups is 1.